The number of methoxy groups -OCH3 is 1. The molecule has 0 bridgehead atoms. The van der Waals surface area contributed by atoms with E-state index >= 15 is 0 Å². The predicted octanol–water partition coefficient (Wildman–Crippen LogP) is 3.94. The molecule has 2 aromatic rings. The topological polar surface area (TPSA) is 26.3 Å². The second-order valence-corrected chi connectivity index (χ2v) is 5.37. The number of carbonyl (C=O) groups excluding carboxylic acids is 1. The molecule has 0 aliphatic rings. The fraction of sp³-hybridized carbons (Fsp3) is 0.154. The first-order valence-electron chi connectivity index (χ1n) is 5.10. The van der Waals surface area contributed by atoms with Crippen LogP contribution in [0.2, 0.25) is 0 Å². The third-order valence-electron chi connectivity index (χ3n) is 2.39. The second kappa shape index (κ2) is 5.47. The number of rotatable bonds is 4. The van der Waals surface area contributed by atoms with Crippen molar-refractivity contribution in [2.45, 2.75) is 6.42 Å². The largest absolute Gasteiger partial charge is 0.496 e. The summed E-state index contributed by atoms with van der Waals surface area (Å²) >= 11 is 4.80. The summed E-state index contributed by atoms with van der Waals surface area (Å²) in [6, 6.07) is 9.44. The van der Waals surface area contributed by atoms with E-state index in [9.17, 15) is 4.79 Å². The van der Waals surface area contributed by atoms with Crippen molar-refractivity contribution in [2.24, 2.45) is 0 Å². The number of halogens is 1. The van der Waals surface area contributed by atoms with Crippen LogP contribution in [0.3, 0.4) is 0 Å². The van der Waals surface area contributed by atoms with Gasteiger partial charge in [-0.3, -0.25) is 4.79 Å². The third kappa shape index (κ3) is 2.96. The van der Waals surface area contributed by atoms with Gasteiger partial charge in [-0.25, -0.2) is 0 Å². The molecule has 0 N–H and O–H groups in total. The first-order valence-corrected chi connectivity index (χ1v) is 6.77. The average Bonchev–Trinajstić information content (AvgIpc) is 2.77. The SMILES string of the molecule is COc1ccccc1CC(=O)c1cc(Br)cs1. The van der Waals surface area contributed by atoms with Crippen LogP contribution in [0.15, 0.2) is 40.2 Å². The molecule has 0 saturated carbocycles. The molecule has 0 radical (unpaired) electrons. The molecule has 0 aliphatic carbocycles. The number of ketones is 1. The van der Waals surface area contributed by atoms with Crippen LogP contribution in [-0.2, 0) is 6.42 Å². The zero-order chi connectivity index (χ0) is 12.3. The van der Waals surface area contributed by atoms with Gasteiger partial charge < -0.3 is 4.74 Å². The Bertz CT molecular complexity index is 534. The van der Waals surface area contributed by atoms with Gasteiger partial charge in [-0.2, -0.15) is 0 Å². The predicted molar refractivity (Wildman–Crippen MR) is 73.0 cm³/mol. The standard InChI is InChI=1S/C13H11BrO2S/c1-16-12-5-3-2-4-9(12)6-11(15)13-7-10(14)8-17-13/h2-5,7-8H,6H2,1H3. The summed E-state index contributed by atoms with van der Waals surface area (Å²) in [5, 5.41) is 1.91. The van der Waals surface area contributed by atoms with Crippen LogP contribution >= 0.6 is 27.3 Å². The minimum absolute atomic E-state index is 0.116. The molecule has 88 valence electrons. The molecule has 17 heavy (non-hydrogen) atoms. The van der Waals surface area contributed by atoms with Gasteiger partial charge in [0.15, 0.2) is 5.78 Å². The molecular weight excluding hydrogens is 300 g/mol. The van der Waals surface area contributed by atoms with E-state index in [1.807, 2.05) is 35.7 Å². The van der Waals surface area contributed by atoms with Gasteiger partial charge >= 0.3 is 0 Å². The zero-order valence-corrected chi connectivity index (χ0v) is 11.7. The van der Waals surface area contributed by atoms with Gasteiger partial charge in [0.2, 0.25) is 0 Å². The highest BCUT2D eigenvalue weighted by atomic mass is 79.9. The number of Topliss-reactive ketones (excluding diaryl/α,β-unsaturated/α-hetero) is 1. The van der Waals surface area contributed by atoms with Gasteiger partial charge in [-0.05, 0) is 28.1 Å². The van der Waals surface area contributed by atoms with Gasteiger partial charge in [0.05, 0.1) is 12.0 Å². The van der Waals surface area contributed by atoms with E-state index in [2.05, 4.69) is 15.9 Å². The molecule has 0 unspecified atom stereocenters. The highest BCUT2D eigenvalue weighted by Gasteiger charge is 2.12. The first-order chi connectivity index (χ1) is 8.20. The average molecular weight is 311 g/mol. The van der Waals surface area contributed by atoms with E-state index in [0.29, 0.717) is 6.42 Å². The third-order valence-corrected chi connectivity index (χ3v) is 4.12. The number of thiophene rings is 1. The monoisotopic (exact) mass is 310 g/mol. The van der Waals surface area contributed by atoms with E-state index in [1.54, 1.807) is 7.11 Å². The van der Waals surface area contributed by atoms with Crippen molar-refractivity contribution in [3.05, 3.63) is 50.6 Å². The maximum absolute atomic E-state index is 12.0. The zero-order valence-electron chi connectivity index (χ0n) is 9.27. The Kier molecular flexibility index (Phi) is 3.97. The smallest absolute Gasteiger partial charge is 0.177 e. The number of para-hydroxylation sites is 1. The molecule has 4 heteroatoms. The minimum atomic E-state index is 0.116. The van der Waals surface area contributed by atoms with E-state index in [4.69, 9.17) is 4.74 Å². The van der Waals surface area contributed by atoms with E-state index < -0.39 is 0 Å². The van der Waals surface area contributed by atoms with Crippen LogP contribution < -0.4 is 4.74 Å². The first kappa shape index (κ1) is 12.3. The van der Waals surface area contributed by atoms with Gasteiger partial charge in [0, 0.05) is 21.8 Å². The van der Waals surface area contributed by atoms with Gasteiger partial charge in [-0.15, -0.1) is 11.3 Å². The van der Waals surface area contributed by atoms with Crippen molar-refractivity contribution in [3.63, 3.8) is 0 Å². The summed E-state index contributed by atoms with van der Waals surface area (Å²) in [7, 11) is 1.62. The Morgan fingerprint density at radius 1 is 1.41 bits per heavy atom. The van der Waals surface area contributed by atoms with Crippen LogP contribution in [0, 0.1) is 0 Å². The number of benzene rings is 1. The molecule has 0 aliphatic heterocycles. The lowest BCUT2D eigenvalue weighted by Gasteiger charge is -2.06. The lowest BCUT2D eigenvalue weighted by atomic mass is 10.1. The summed E-state index contributed by atoms with van der Waals surface area (Å²) in [5.41, 5.74) is 0.921. The summed E-state index contributed by atoms with van der Waals surface area (Å²) in [6.45, 7) is 0. The number of hydrogen-bond donors (Lipinski definition) is 0. The summed E-state index contributed by atoms with van der Waals surface area (Å²) in [5.74, 6) is 0.877. The van der Waals surface area contributed by atoms with E-state index in [1.165, 1.54) is 11.3 Å². The fourth-order valence-electron chi connectivity index (χ4n) is 1.57. The second-order valence-electron chi connectivity index (χ2n) is 3.54. The van der Waals surface area contributed by atoms with Crippen LogP contribution in [0.25, 0.3) is 0 Å². The van der Waals surface area contributed by atoms with E-state index in [-0.39, 0.29) is 5.78 Å². The molecule has 1 aromatic carbocycles. The maximum atomic E-state index is 12.0. The van der Waals surface area contributed by atoms with Crippen molar-refractivity contribution < 1.29 is 9.53 Å². The molecule has 0 atom stereocenters. The van der Waals surface area contributed by atoms with Crippen molar-refractivity contribution in [2.75, 3.05) is 7.11 Å². The van der Waals surface area contributed by atoms with Crippen molar-refractivity contribution in [1.29, 1.82) is 0 Å². The van der Waals surface area contributed by atoms with Gasteiger partial charge in [0.1, 0.15) is 5.75 Å². The summed E-state index contributed by atoms with van der Waals surface area (Å²) in [6.07, 6.45) is 0.372. The minimum Gasteiger partial charge on any atom is -0.496 e. The molecule has 1 aromatic heterocycles. The molecular formula is C13H11BrO2S. The molecule has 0 fully saturated rings. The Hall–Kier alpha value is -1.13. The Labute approximate surface area is 112 Å². The normalized spacial score (nSPS) is 10.2. The van der Waals surface area contributed by atoms with Crippen molar-refractivity contribution in [1.82, 2.24) is 0 Å². The molecule has 2 rings (SSSR count). The van der Waals surface area contributed by atoms with Crippen LogP contribution in [0.1, 0.15) is 15.2 Å². The number of carbonyl (C=O) groups is 1. The Balaban J connectivity index is 2.18. The molecule has 2 nitrogen and oxygen atoms in total. The maximum Gasteiger partial charge on any atom is 0.177 e. The molecule has 0 amide bonds. The lowest BCUT2D eigenvalue weighted by molar-refractivity contribution is 0.0996. The van der Waals surface area contributed by atoms with Crippen LogP contribution in [0.5, 0.6) is 5.75 Å². The highest BCUT2D eigenvalue weighted by Crippen LogP contribution is 2.24. The summed E-state index contributed by atoms with van der Waals surface area (Å²) < 4.78 is 6.18. The lowest BCUT2D eigenvalue weighted by Crippen LogP contribution is -2.02. The molecule has 0 spiro atoms. The van der Waals surface area contributed by atoms with Crippen LogP contribution in [-0.4, -0.2) is 12.9 Å². The van der Waals surface area contributed by atoms with Crippen LogP contribution in [0.4, 0.5) is 0 Å². The number of hydrogen-bond acceptors (Lipinski definition) is 3. The van der Waals surface area contributed by atoms with Crippen molar-refractivity contribution >= 4 is 33.0 Å². The molecule has 1 heterocycles. The van der Waals surface area contributed by atoms with E-state index in [0.717, 1.165) is 20.7 Å². The highest BCUT2D eigenvalue weighted by molar-refractivity contribution is 9.10. The molecule has 0 saturated heterocycles. The quantitative estimate of drug-likeness (QED) is 0.799. The summed E-state index contributed by atoms with van der Waals surface area (Å²) in [4.78, 5) is 12.8. The Morgan fingerprint density at radius 2 is 2.18 bits per heavy atom. The van der Waals surface area contributed by atoms with Crippen molar-refractivity contribution in [3.8, 4) is 5.75 Å². The Morgan fingerprint density at radius 3 is 2.82 bits per heavy atom. The number of ether oxygens (including phenoxy) is 1. The van der Waals surface area contributed by atoms with Gasteiger partial charge in [0.25, 0.3) is 0 Å². The fourth-order valence-corrected chi connectivity index (χ4v) is 2.94. The van der Waals surface area contributed by atoms with Gasteiger partial charge in [-0.1, -0.05) is 18.2 Å².